The number of benzene rings is 3. The number of esters is 1. The van der Waals surface area contributed by atoms with E-state index >= 15 is 0 Å². The number of hydrogen-bond acceptors (Lipinski definition) is 6. The Bertz CT molecular complexity index is 1260. The van der Waals surface area contributed by atoms with Gasteiger partial charge in [-0.15, -0.1) is 0 Å². The van der Waals surface area contributed by atoms with E-state index in [2.05, 4.69) is 10.6 Å². The maximum absolute atomic E-state index is 12.8. The third-order valence-corrected chi connectivity index (χ3v) is 5.97. The highest BCUT2D eigenvalue weighted by Crippen LogP contribution is 2.20. The van der Waals surface area contributed by atoms with E-state index in [-0.39, 0.29) is 24.6 Å². The van der Waals surface area contributed by atoms with Crippen molar-refractivity contribution in [3.05, 3.63) is 89.5 Å². The van der Waals surface area contributed by atoms with Crippen LogP contribution in [0, 0.1) is 5.41 Å². The molecule has 0 aromatic heterocycles. The van der Waals surface area contributed by atoms with Crippen LogP contribution in [0.1, 0.15) is 23.1 Å². The van der Waals surface area contributed by atoms with Crippen molar-refractivity contribution >= 4 is 23.6 Å². The second kappa shape index (κ2) is 13.6. The lowest BCUT2D eigenvalue weighted by Crippen LogP contribution is -2.48. The number of amidine groups is 1. The van der Waals surface area contributed by atoms with E-state index in [0.29, 0.717) is 18.5 Å². The van der Waals surface area contributed by atoms with Gasteiger partial charge in [0.25, 0.3) is 0 Å². The monoisotopic (exact) mass is 516 g/mol. The fraction of sp³-hybridized carbons (Fsp3) is 0.241. The lowest BCUT2D eigenvalue weighted by atomic mass is 10.0. The molecule has 0 saturated heterocycles. The minimum Gasteiger partial charge on any atom is -0.497 e. The number of nitrogens with two attached hydrogens (primary N) is 1. The van der Waals surface area contributed by atoms with Gasteiger partial charge in [-0.1, -0.05) is 60.7 Å². The summed E-state index contributed by atoms with van der Waals surface area (Å²) in [5, 5.41) is 12.9. The SMILES string of the molecule is COC(=O)CC(NC(=O)Cc1ccc(-c2ccc(C(=N)N)cc2)cc1)C(=O)NCCc1ccc(OC)cc1. The van der Waals surface area contributed by atoms with Gasteiger partial charge in [0.15, 0.2) is 0 Å². The predicted octanol–water partition coefficient (Wildman–Crippen LogP) is 2.60. The Morgan fingerprint density at radius 1 is 0.868 bits per heavy atom. The van der Waals surface area contributed by atoms with E-state index < -0.39 is 17.9 Å². The number of ether oxygens (including phenoxy) is 2. The van der Waals surface area contributed by atoms with Gasteiger partial charge >= 0.3 is 5.97 Å². The first kappa shape index (κ1) is 27.9. The van der Waals surface area contributed by atoms with Gasteiger partial charge < -0.3 is 25.8 Å². The molecule has 38 heavy (non-hydrogen) atoms. The van der Waals surface area contributed by atoms with Crippen molar-refractivity contribution < 1.29 is 23.9 Å². The number of rotatable bonds is 12. The maximum Gasteiger partial charge on any atom is 0.308 e. The highest BCUT2D eigenvalue weighted by Gasteiger charge is 2.24. The lowest BCUT2D eigenvalue weighted by Gasteiger charge is -2.18. The molecule has 0 fully saturated rings. The van der Waals surface area contributed by atoms with Crippen molar-refractivity contribution in [1.29, 1.82) is 5.41 Å². The second-order valence-corrected chi connectivity index (χ2v) is 8.65. The van der Waals surface area contributed by atoms with E-state index in [1.165, 1.54) is 7.11 Å². The van der Waals surface area contributed by atoms with Crippen LogP contribution >= 0.6 is 0 Å². The van der Waals surface area contributed by atoms with E-state index in [4.69, 9.17) is 20.6 Å². The molecule has 0 radical (unpaired) electrons. The van der Waals surface area contributed by atoms with Crippen molar-refractivity contribution in [2.24, 2.45) is 5.73 Å². The average molecular weight is 517 g/mol. The molecule has 0 saturated carbocycles. The summed E-state index contributed by atoms with van der Waals surface area (Å²) in [7, 11) is 2.83. The number of nitrogens with one attached hydrogen (secondary N) is 3. The van der Waals surface area contributed by atoms with Crippen molar-refractivity contribution in [1.82, 2.24) is 10.6 Å². The quantitative estimate of drug-likeness (QED) is 0.166. The molecule has 0 bridgehead atoms. The zero-order valence-corrected chi connectivity index (χ0v) is 21.5. The number of carbonyl (C=O) groups excluding carboxylic acids is 3. The minimum absolute atomic E-state index is 0.00864. The Morgan fingerprint density at radius 3 is 2.00 bits per heavy atom. The summed E-state index contributed by atoms with van der Waals surface area (Å²) in [5.74, 6) is -0.684. The summed E-state index contributed by atoms with van der Waals surface area (Å²) in [6, 6.07) is 21.2. The number of methoxy groups -OCH3 is 2. The highest BCUT2D eigenvalue weighted by atomic mass is 16.5. The Labute approximate surface area is 221 Å². The van der Waals surface area contributed by atoms with Gasteiger partial charge in [0.05, 0.1) is 27.1 Å². The van der Waals surface area contributed by atoms with Crippen LogP contribution in [0.2, 0.25) is 0 Å². The van der Waals surface area contributed by atoms with Crippen LogP contribution in [-0.2, 0) is 32.0 Å². The Kier molecular flexibility index (Phi) is 9.99. The van der Waals surface area contributed by atoms with Crippen molar-refractivity contribution in [2.75, 3.05) is 20.8 Å². The van der Waals surface area contributed by atoms with E-state index in [1.54, 1.807) is 19.2 Å². The molecular formula is C29H32N4O5. The molecule has 0 heterocycles. The molecule has 9 nitrogen and oxygen atoms in total. The molecule has 0 spiro atoms. The van der Waals surface area contributed by atoms with Crippen LogP contribution in [0.3, 0.4) is 0 Å². The van der Waals surface area contributed by atoms with Gasteiger partial charge in [-0.25, -0.2) is 0 Å². The second-order valence-electron chi connectivity index (χ2n) is 8.65. The number of nitrogen functional groups attached to an aromatic ring is 1. The molecular weight excluding hydrogens is 484 g/mol. The van der Waals surface area contributed by atoms with Gasteiger partial charge in [-0.2, -0.15) is 0 Å². The molecule has 0 aliphatic carbocycles. The normalized spacial score (nSPS) is 11.2. The summed E-state index contributed by atoms with van der Waals surface area (Å²) >= 11 is 0. The Balaban J connectivity index is 1.56. The highest BCUT2D eigenvalue weighted by molar-refractivity contribution is 5.95. The summed E-state index contributed by atoms with van der Waals surface area (Å²) in [5.41, 5.74) is 9.82. The minimum atomic E-state index is -1.05. The molecule has 1 unspecified atom stereocenters. The Morgan fingerprint density at radius 2 is 1.45 bits per heavy atom. The summed E-state index contributed by atoms with van der Waals surface area (Å²) in [4.78, 5) is 37.4. The van der Waals surface area contributed by atoms with Crippen LogP contribution < -0.4 is 21.1 Å². The molecule has 0 aliphatic rings. The smallest absolute Gasteiger partial charge is 0.308 e. The molecule has 2 amide bonds. The number of amides is 2. The number of carbonyl (C=O) groups is 3. The average Bonchev–Trinajstić information content (AvgIpc) is 2.93. The van der Waals surface area contributed by atoms with E-state index in [9.17, 15) is 14.4 Å². The lowest BCUT2D eigenvalue weighted by molar-refractivity contribution is -0.143. The van der Waals surface area contributed by atoms with Crippen molar-refractivity contribution in [3.63, 3.8) is 0 Å². The van der Waals surface area contributed by atoms with Gasteiger partial charge in [-0.3, -0.25) is 19.8 Å². The molecule has 3 rings (SSSR count). The summed E-state index contributed by atoms with van der Waals surface area (Å²) in [6.07, 6.45) is 0.352. The molecule has 3 aromatic rings. The Hall–Kier alpha value is -4.66. The zero-order valence-electron chi connectivity index (χ0n) is 21.5. The van der Waals surface area contributed by atoms with E-state index in [0.717, 1.165) is 28.0 Å². The van der Waals surface area contributed by atoms with Crippen molar-refractivity contribution in [2.45, 2.75) is 25.3 Å². The van der Waals surface area contributed by atoms with Crippen LogP contribution in [0.15, 0.2) is 72.8 Å². The number of hydrogen-bond donors (Lipinski definition) is 4. The molecule has 198 valence electrons. The first-order valence-electron chi connectivity index (χ1n) is 12.1. The van der Waals surface area contributed by atoms with Crippen LogP contribution in [0.25, 0.3) is 11.1 Å². The first-order chi connectivity index (χ1) is 18.3. The van der Waals surface area contributed by atoms with Gasteiger partial charge in [-0.05, 0) is 40.8 Å². The van der Waals surface area contributed by atoms with Crippen molar-refractivity contribution in [3.8, 4) is 16.9 Å². The van der Waals surface area contributed by atoms with Gasteiger partial charge in [0, 0.05) is 12.1 Å². The molecule has 0 aliphatic heterocycles. The molecule has 9 heteroatoms. The third-order valence-electron chi connectivity index (χ3n) is 5.97. The van der Waals surface area contributed by atoms with Crippen LogP contribution in [-0.4, -0.2) is 50.4 Å². The third kappa shape index (κ3) is 8.19. The molecule has 1 atom stereocenters. The topological polar surface area (TPSA) is 144 Å². The molecule has 3 aromatic carbocycles. The van der Waals surface area contributed by atoms with E-state index in [1.807, 2.05) is 60.7 Å². The van der Waals surface area contributed by atoms with Gasteiger partial charge in [0.1, 0.15) is 17.6 Å². The van der Waals surface area contributed by atoms with Gasteiger partial charge in [0.2, 0.25) is 11.8 Å². The van der Waals surface area contributed by atoms with Crippen LogP contribution in [0.4, 0.5) is 0 Å². The predicted molar refractivity (Wildman–Crippen MR) is 145 cm³/mol. The van der Waals surface area contributed by atoms with Crippen LogP contribution in [0.5, 0.6) is 5.75 Å². The largest absolute Gasteiger partial charge is 0.497 e. The molecule has 5 N–H and O–H groups in total. The maximum atomic E-state index is 12.8. The summed E-state index contributed by atoms with van der Waals surface area (Å²) < 4.78 is 9.84. The zero-order chi connectivity index (χ0) is 27.5. The standard InChI is InChI=1S/C29H32N4O5/c1-37-24-13-5-19(6-14-24)15-16-32-29(36)25(18-27(35)38-2)33-26(34)17-20-3-7-21(8-4-20)22-9-11-23(12-10-22)28(30)31/h3-14,25H,15-18H2,1-2H3,(H3,30,31)(H,32,36)(H,33,34). The summed E-state index contributed by atoms with van der Waals surface area (Å²) in [6.45, 7) is 0.341. The fourth-order valence-electron chi connectivity index (χ4n) is 3.79. The fourth-order valence-corrected chi connectivity index (χ4v) is 3.79. The first-order valence-corrected chi connectivity index (χ1v) is 12.1.